The average Bonchev–Trinajstić information content (AvgIpc) is 2.81. The number of nitrogens with zero attached hydrogens (tertiary/aromatic N) is 2. The number of benzene rings is 1. The second kappa shape index (κ2) is 6.52. The number of rotatable bonds is 6. The molecule has 0 N–H and O–H groups in total. The Labute approximate surface area is 122 Å². The fourth-order valence-corrected chi connectivity index (χ4v) is 2.18. The van der Waals surface area contributed by atoms with Gasteiger partial charge in [0.25, 0.3) is 0 Å². The molecule has 0 bridgehead atoms. The second-order valence-electron chi connectivity index (χ2n) is 5.31. The van der Waals surface area contributed by atoms with Crippen molar-refractivity contribution in [2.24, 2.45) is 0 Å². The number of halogens is 1. The van der Waals surface area contributed by atoms with Crippen LogP contribution in [-0.2, 0) is 6.54 Å². The van der Waals surface area contributed by atoms with Crippen LogP contribution in [0.25, 0.3) is 0 Å². The summed E-state index contributed by atoms with van der Waals surface area (Å²) in [5.41, 5.74) is 0.447. The molecular formula is C16H19FN2O2. The van der Waals surface area contributed by atoms with Crippen molar-refractivity contribution in [2.75, 3.05) is 0 Å². The number of aryl methyl sites for hydroxylation is 1. The normalized spacial score (nSPS) is 11.0. The van der Waals surface area contributed by atoms with Crippen molar-refractivity contribution in [3.63, 3.8) is 0 Å². The molecular weight excluding hydrogens is 271 g/mol. The van der Waals surface area contributed by atoms with E-state index in [4.69, 9.17) is 0 Å². The number of ketones is 1. The highest BCUT2D eigenvalue weighted by molar-refractivity contribution is 5.95. The second-order valence-corrected chi connectivity index (χ2v) is 5.31. The first-order valence-electron chi connectivity index (χ1n) is 7.05. The Hall–Kier alpha value is -2.17. The summed E-state index contributed by atoms with van der Waals surface area (Å²) in [6, 6.07) is 5.65. The molecule has 0 fully saturated rings. The summed E-state index contributed by atoms with van der Waals surface area (Å²) in [6.07, 6.45) is 4.42. The topological polar surface area (TPSA) is 44.0 Å². The van der Waals surface area contributed by atoms with Crippen molar-refractivity contribution in [3.8, 4) is 0 Å². The van der Waals surface area contributed by atoms with Crippen LogP contribution in [0.2, 0.25) is 0 Å². The predicted molar refractivity (Wildman–Crippen MR) is 79.0 cm³/mol. The van der Waals surface area contributed by atoms with Gasteiger partial charge >= 0.3 is 5.69 Å². The van der Waals surface area contributed by atoms with Crippen molar-refractivity contribution in [1.82, 2.24) is 9.13 Å². The summed E-state index contributed by atoms with van der Waals surface area (Å²) in [4.78, 5) is 23.9. The maximum Gasteiger partial charge on any atom is 0.328 e. The Kier molecular flexibility index (Phi) is 4.73. The fourth-order valence-electron chi connectivity index (χ4n) is 2.18. The first-order valence-corrected chi connectivity index (χ1v) is 7.05. The van der Waals surface area contributed by atoms with Gasteiger partial charge in [0.2, 0.25) is 0 Å². The van der Waals surface area contributed by atoms with Gasteiger partial charge in [-0.2, -0.15) is 0 Å². The van der Waals surface area contributed by atoms with E-state index in [2.05, 4.69) is 0 Å². The van der Waals surface area contributed by atoms with Crippen LogP contribution in [0.5, 0.6) is 0 Å². The minimum absolute atomic E-state index is 0.0358. The van der Waals surface area contributed by atoms with Crippen LogP contribution in [0.15, 0.2) is 41.5 Å². The van der Waals surface area contributed by atoms with Gasteiger partial charge in [0.1, 0.15) is 5.82 Å². The highest BCUT2D eigenvalue weighted by Gasteiger charge is 2.08. The monoisotopic (exact) mass is 290 g/mol. The fraction of sp³-hybridized carbons (Fsp3) is 0.375. The molecule has 0 aliphatic rings. The quantitative estimate of drug-likeness (QED) is 0.768. The smallest absolute Gasteiger partial charge is 0.299 e. The van der Waals surface area contributed by atoms with Crippen LogP contribution >= 0.6 is 0 Å². The van der Waals surface area contributed by atoms with Gasteiger partial charge in [-0.25, -0.2) is 9.18 Å². The highest BCUT2D eigenvalue weighted by atomic mass is 19.1. The average molecular weight is 290 g/mol. The highest BCUT2D eigenvalue weighted by Crippen LogP contribution is 2.08. The maximum absolute atomic E-state index is 12.8. The molecule has 2 rings (SSSR count). The summed E-state index contributed by atoms with van der Waals surface area (Å²) in [7, 11) is 0. The molecule has 1 aromatic carbocycles. The SMILES string of the molecule is CC(C)n1ccn(CCCC(=O)c2ccc(F)cc2)c1=O. The molecule has 5 heteroatoms. The molecule has 1 heterocycles. The molecule has 0 aliphatic carbocycles. The van der Waals surface area contributed by atoms with E-state index in [9.17, 15) is 14.0 Å². The lowest BCUT2D eigenvalue weighted by Crippen LogP contribution is -2.25. The van der Waals surface area contributed by atoms with Gasteiger partial charge in [-0.05, 0) is 44.5 Å². The zero-order valence-electron chi connectivity index (χ0n) is 12.3. The first-order chi connectivity index (χ1) is 9.99. The molecule has 0 amide bonds. The molecule has 21 heavy (non-hydrogen) atoms. The van der Waals surface area contributed by atoms with Gasteiger partial charge in [0.15, 0.2) is 5.78 Å². The van der Waals surface area contributed by atoms with Gasteiger partial charge < -0.3 is 0 Å². The van der Waals surface area contributed by atoms with Gasteiger partial charge in [-0.3, -0.25) is 13.9 Å². The lowest BCUT2D eigenvalue weighted by Gasteiger charge is -2.05. The summed E-state index contributed by atoms with van der Waals surface area (Å²) in [5, 5.41) is 0. The van der Waals surface area contributed by atoms with Gasteiger partial charge in [0.05, 0.1) is 0 Å². The number of hydrogen-bond donors (Lipinski definition) is 0. The van der Waals surface area contributed by atoms with E-state index in [1.807, 2.05) is 13.8 Å². The first kappa shape index (κ1) is 15.2. The largest absolute Gasteiger partial charge is 0.328 e. The molecule has 0 saturated carbocycles. The molecule has 0 unspecified atom stereocenters. The van der Waals surface area contributed by atoms with Crippen LogP contribution in [0, 0.1) is 5.82 Å². The number of carbonyl (C=O) groups excluding carboxylic acids is 1. The molecule has 2 aromatic rings. The van der Waals surface area contributed by atoms with E-state index in [1.54, 1.807) is 21.5 Å². The van der Waals surface area contributed by atoms with Gasteiger partial charge in [0, 0.05) is 37.0 Å². The minimum atomic E-state index is -0.354. The van der Waals surface area contributed by atoms with Crippen LogP contribution in [0.4, 0.5) is 4.39 Å². The number of Topliss-reactive ketones (excluding diaryl/α,β-unsaturated/α-hetero) is 1. The standard InChI is InChI=1S/C16H19FN2O2/c1-12(2)19-11-10-18(16(19)21)9-3-4-15(20)13-5-7-14(17)8-6-13/h5-8,10-12H,3-4,9H2,1-2H3. The van der Waals surface area contributed by atoms with Crippen molar-refractivity contribution in [1.29, 1.82) is 0 Å². The number of imidazole rings is 1. The van der Waals surface area contributed by atoms with Crippen LogP contribution < -0.4 is 5.69 Å². The van der Waals surface area contributed by atoms with E-state index in [0.29, 0.717) is 24.9 Å². The molecule has 0 radical (unpaired) electrons. The summed E-state index contributed by atoms with van der Waals surface area (Å²) in [6.45, 7) is 4.40. The van der Waals surface area contributed by atoms with E-state index >= 15 is 0 Å². The predicted octanol–water partition coefficient (Wildman–Crippen LogP) is 3.03. The van der Waals surface area contributed by atoms with Gasteiger partial charge in [-0.15, -0.1) is 0 Å². The van der Waals surface area contributed by atoms with E-state index in [1.165, 1.54) is 24.3 Å². The van der Waals surface area contributed by atoms with Crippen molar-refractivity contribution in [2.45, 2.75) is 39.3 Å². The Morgan fingerprint density at radius 1 is 1.19 bits per heavy atom. The number of carbonyl (C=O) groups is 1. The summed E-state index contributed by atoms with van der Waals surface area (Å²) >= 11 is 0. The van der Waals surface area contributed by atoms with Crippen LogP contribution in [0.3, 0.4) is 0 Å². The number of aromatic nitrogens is 2. The Bertz CT molecular complexity index is 668. The third-order valence-corrected chi connectivity index (χ3v) is 3.40. The van der Waals surface area contributed by atoms with E-state index in [-0.39, 0.29) is 23.3 Å². The molecule has 0 saturated heterocycles. The molecule has 112 valence electrons. The van der Waals surface area contributed by atoms with Crippen LogP contribution in [0.1, 0.15) is 43.1 Å². The lowest BCUT2D eigenvalue weighted by molar-refractivity contribution is 0.0978. The van der Waals surface area contributed by atoms with Crippen LogP contribution in [-0.4, -0.2) is 14.9 Å². The lowest BCUT2D eigenvalue weighted by atomic mass is 10.1. The molecule has 0 aliphatic heterocycles. The number of hydrogen-bond acceptors (Lipinski definition) is 2. The molecule has 1 aromatic heterocycles. The van der Waals surface area contributed by atoms with Crippen molar-refractivity contribution >= 4 is 5.78 Å². The molecule has 4 nitrogen and oxygen atoms in total. The third-order valence-electron chi connectivity index (χ3n) is 3.40. The zero-order chi connectivity index (χ0) is 15.4. The zero-order valence-corrected chi connectivity index (χ0v) is 12.3. The summed E-state index contributed by atoms with van der Waals surface area (Å²) < 4.78 is 16.0. The van der Waals surface area contributed by atoms with Crippen molar-refractivity contribution in [3.05, 3.63) is 58.5 Å². The van der Waals surface area contributed by atoms with Gasteiger partial charge in [-0.1, -0.05) is 0 Å². The minimum Gasteiger partial charge on any atom is -0.299 e. The van der Waals surface area contributed by atoms with E-state index < -0.39 is 0 Å². The van der Waals surface area contributed by atoms with Crippen molar-refractivity contribution < 1.29 is 9.18 Å². The Morgan fingerprint density at radius 3 is 2.43 bits per heavy atom. The Balaban J connectivity index is 1.91. The molecule has 0 spiro atoms. The Morgan fingerprint density at radius 2 is 1.86 bits per heavy atom. The summed E-state index contributed by atoms with van der Waals surface area (Å²) in [5.74, 6) is -0.389. The van der Waals surface area contributed by atoms with E-state index in [0.717, 1.165) is 0 Å². The molecule has 0 atom stereocenters. The maximum atomic E-state index is 12.8. The third kappa shape index (κ3) is 3.68.